The summed E-state index contributed by atoms with van der Waals surface area (Å²) in [6.07, 6.45) is 2.19. The van der Waals surface area contributed by atoms with Crippen LogP contribution in [0.2, 0.25) is 0 Å². The number of hydrogen-bond acceptors (Lipinski definition) is 4. The van der Waals surface area contributed by atoms with Crippen molar-refractivity contribution >= 4 is 12.3 Å². The number of aromatic nitrogens is 2. The normalized spacial score (nSPS) is 10.5. The summed E-state index contributed by atoms with van der Waals surface area (Å²) in [7, 11) is 0. The zero-order valence-corrected chi connectivity index (χ0v) is 9.77. The van der Waals surface area contributed by atoms with Crippen LogP contribution in [0.1, 0.15) is 41.6 Å². The van der Waals surface area contributed by atoms with Crippen LogP contribution in [-0.4, -0.2) is 28.6 Å². The van der Waals surface area contributed by atoms with Gasteiger partial charge in [-0.3, -0.25) is 9.48 Å². The van der Waals surface area contributed by atoms with Crippen LogP contribution in [0.5, 0.6) is 0 Å². The number of rotatable bonds is 5. The minimum atomic E-state index is -0.549. The molecule has 1 aromatic rings. The number of nitrogens with zero attached hydrogens (tertiary/aromatic N) is 2. The van der Waals surface area contributed by atoms with Gasteiger partial charge < -0.3 is 4.74 Å². The van der Waals surface area contributed by atoms with Crippen molar-refractivity contribution in [2.24, 2.45) is 5.92 Å². The molecule has 16 heavy (non-hydrogen) atoms. The Hall–Kier alpha value is -1.65. The van der Waals surface area contributed by atoms with Gasteiger partial charge in [0.1, 0.15) is 0 Å². The summed E-state index contributed by atoms with van der Waals surface area (Å²) in [5.41, 5.74) is 0.372. The third kappa shape index (κ3) is 2.92. The Morgan fingerprint density at radius 1 is 1.62 bits per heavy atom. The van der Waals surface area contributed by atoms with Gasteiger partial charge in [0, 0.05) is 12.7 Å². The number of aldehydes is 1. The van der Waals surface area contributed by atoms with E-state index in [-0.39, 0.29) is 17.9 Å². The van der Waals surface area contributed by atoms with Gasteiger partial charge in [-0.1, -0.05) is 13.8 Å². The first-order valence-electron chi connectivity index (χ1n) is 5.28. The summed E-state index contributed by atoms with van der Waals surface area (Å²) in [5.74, 6) is -0.151. The average Bonchev–Trinajstić information content (AvgIpc) is 2.60. The van der Waals surface area contributed by atoms with Gasteiger partial charge in [0.2, 0.25) is 0 Å². The van der Waals surface area contributed by atoms with E-state index in [0.717, 1.165) is 0 Å². The predicted octanol–water partition coefficient (Wildman–Crippen LogP) is 1.53. The first-order valence-corrected chi connectivity index (χ1v) is 5.28. The van der Waals surface area contributed by atoms with Crippen LogP contribution < -0.4 is 0 Å². The van der Waals surface area contributed by atoms with Crippen molar-refractivity contribution in [3.63, 3.8) is 0 Å². The van der Waals surface area contributed by atoms with Gasteiger partial charge >= 0.3 is 5.97 Å². The van der Waals surface area contributed by atoms with E-state index in [1.165, 1.54) is 0 Å². The number of esters is 1. The molecule has 0 unspecified atom stereocenters. The van der Waals surface area contributed by atoms with Crippen LogP contribution >= 0.6 is 0 Å². The Morgan fingerprint density at radius 2 is 2.31 bits per heavy atom. The van der Waals surface area contributed by atoms with Gasteiger partial charge in [-0.25, -0.2) is 4.79 Å². The smallest absolute Gasteiger partial charge is 0.359 e. The minimum Gasteiger partial charge on any atom is -0.461 e. The van der Waals surface area contributed by atoms with Crippen LogP contribution in [-0.2, 0) is 11.3 Å². The summed E-state index contributed by atoms with van der Waals surface area (Å²) in [5, 5.41) is 4.05. The van der Waals surface area contributed by atoms with E-state index in [1.807, 2.05) is 13.8 Å². The van der Waals surface area contributed by atoms with Gasteiger partial charge in [0.05, 0.1) is 12.2 Å². The molecule has 5 heteroatoms. The zero-order valence-electron chi connectivity index (χ0n) is 9.77. The Balaban J connectivity index is 2.94. The molecule has 0 amide bonds. The van der Waals surface area contributed by atoms with Crippen molar-refractivity contribution in [2.75, 3.05) is 6.61 Å². The molecule has 0 spiro atoms. The highest BCUT2D eigenvalue weighted by molar-refractivity contribution is 5.96. The maximum absolute atomic E-state index is 11.5. The quantitative estimate of drug-likeness (QED) is 0.562. The first-order chi connectivity index (χ1) is 7.58. The number of hydrogen-bond donors (Lipinski definition) is 0. The molecule has 5 nitrogen and oxygen atoms in total. The molecule has 0 aromatic carbocycles. The number of carbonyl (C=O) groups excluding carboxylic acids is 2. The molecule has 0 fully saturated rings. The van der Waals surface area contributed by atoms with Gasteiger partial charge in [0.25, 0.3) is 0 Å². The summed E-state index contributed by atoms with van der Waals surface area (Å²) in [6.45, 7) is 6.72. The minimum absolute atomic E-state index is 0.0949. The molecule has 0 aliphatic rings. The number of ether oxygens (including phenoxy) is 1. The van der Waals surface area contributed by atoms with Gasteiger partial charge in [-0.05, 0) is 12.8 Å². The maximum Gasteiger partial charge on any atom is 0.359 e. The molecule has 0 atom stereocenters. The van der Waals surface area contributed by atoms with Crippen LogP contribution in [0.3, 0.4) is 0 Å². The highest BCUT2D eigenvalue weighted by Gasteiger charge is 2.17. The molecule has 0 saturated heterocycles. The van der Waals surface area contributed by atoms with Gasteiger partial charge in [-0.15, -0.1) is 0 Å². The predicted molar refractivity (Wildman–Crippen MR) is 58.4 cm³/mol. The largest absolute Gasteiger partial charge is 0.461 e. The monoisotopic (exact) mass is 224 g/mol. The lowest BCUT2D eigenvalue weighted by Gasteiger charge is -2.03. The fourth-order valence-corrected chi connectivity index (χ4v) is 1.35. The third-order valence-corrected chi connectivity index (χ3v) is 1.94. The Bertz CT molecular complexity index is 383. The Morgan fingerprint density at radius 3 is 2.81 bits per heavy atom. The maximum atomic E-state index is 11.5. The molecule has 1 rings (SSSR count). The van der Waals surface area contributed by atoms with Crippen molar-refractivity contribution in [3.8, 4) is 0 Å². The van der Waals surface area contributed by atoms with Crippen molar-refractivity contribution in [1.82, 2.24) is 9.78 Å². The van der Waals surface area contributed by atoms with Crippen molar-refractivity contribution < 1.29 is 14.3 Å². The second-order valence-corrected chi connectivity index (χ2v) is 3.89. The number of carbonyl (C=O) groups is 2. The summed E-state index contributed by atoms with van der Waals surface area (Å²) < 4.78 is 6.41. The zero-order chi connectivity index (χ0) is 12.1. The third-order valence-electron chi connectivity index (χ3n) is 1.94. The van der Waals surface area contributed by atoms with Crippen molar-refractivity contribution in [2.45, 2.75) is 27.3 Å². The lowest BCUT2D eigenvalue weighted by molar-refractivity contribution is 0.0516. The molecule has 1 aromatic heterocycles. The van der Waals surface area contributed by atoms with E-state index in [2.05, 4.69) is 5.10 Å². The molecule has 0 radical (unpaired) electrons. The van der Waals surface area contributed by atoms with Crippen LogP contribution in [0.4, 0.5) is 0 Å². The molecule has 88 valence electrons. The standard InChI is InChI=1S/C11H16N2O3/c1-4-16-11(15)10-9(7-14)6-13(12-10)5-8(2)3/h6-8H,4-5H2,1-3H3. The Kier molecular flexibility index (Phi) is 4.22. The van der Waals surface area contributed by atoms with Crippen LogP contribution in [0.15, 0.2) is 6.20 Å². The van der Waals surface area contributed by atoms with E-state index in [9.17, 15) is 9.59 Å². The van der Waals surface area contributed by atoms with Gasteiger partial charge in [0.15, 0.2) is 12.0 Å². The molecule has 0 N–H and O–H groups in total. The lowest BCUT2D eigenvalue weighted by Crippen LogP contribution is -2.10. The van der Waals surface area contributed by atoms with Crippen LogP contribution in [0, 0.1) is 5.92 Å². The summed E-state index contributed by atoms with van der Waals surface area (Å²) in [6, 6.07) is 0. The van der Waals surface area contributed by atoms with Crippen molar-refractivity contribution in [1.29, 1.82) is 0 Å². The van der Waals surface area contributed by atoms with Crippen LogP contribution in [0.25, 0.3) is 0 Å². The molecular formula is C11H16N2O3. The van der Waals surface area contributed by atoms with Crippen molar-refractivity contribution in [3.05, 3.63) is 17.5 Å². The van der Waals surface area contributed by atoms with E-state index < -0.39 is 5.97 Å². The summed E-state index contributed by atoms with van der Waals surface area (Å²) >= 11 is 0. The second-order valence-electron chi connectivity index (χ2n) is 3.89. The Labute approximate surface area is 94.4 Å². The highest BCUT2D eigenvalue weighted by Crippen LogP contribution is 2.08. The topological polar surface area (TPSA) is 61.2 Å². The molecule has 0 aliphatic carbocycles. The van der Waals surface area contributed by atoms with E-state index in [1.54, 1.807) is 17.8 Å². The van der Waals surface area contributed by atoms with E-state index in [0.29, 0.717) is 18.7 Å². The summed E-state index contributed by atoms with van der Waals surface area (Å²) in [4.78, 5) is 22.2. The molecule has 1 heterocycles. The fraction of sp³-hybridized carbons (Fsp3) is 0.545. The SMILES string of the molecule is CCOC(=O)c1nn(CC(C)C)cc1C=O. The average molecular weight is 224 g/mol. The molecule has 0 saturated carbocycles. The second kappa shape index (κ2) is 5.44. The van der Waals surface area contributed by atoms with E-state index >= 15 is 0 Å². The van der Waals surface area contributed by atoms with Gasteiger partial charge in [-0.2, -0.15) is 5.10 Å². The first kappa shape index (κ1) is 12.4. The lowest BCUT2D eigenvalue weighted by atomic mass is 10.2. The fourth-order valence-electron chi connectivity index (χ4n) is 1.35. The van der Waals surface area contributed by atoms with E-state index in [4.69, 9.17) is 4.74 Å². The molecule has 0 aliphatic heterocycles. The molecular weight excluding hydrogens is 208 g/mol. The highest BCUT2D eigenvalue weighted by atomic mass is 16.5. The molecule has 0 bridgehead atoms.